The first-order valence-corrected chi connectivity index (χ1v) is 9.43. The standard InChI is InChI=1S/C15H13N3O5S2/c1-16-25(20,21)11-5-2-4-10(8-11)15(19)22-9-13-17-18-14(23-13)12-6-3-7-24-12/h2-8,16H,9H2,1H3. The molecule has 2 aromatic heterocycles. The highest BCUT2D eigenvalue weighted by atomic mass is 32.2. The molecule has 0 aliphatic heterocycles. The van der Waals surface area contributed by atoms with Gasteiger partial charge in [-0.05, 0) is 36.7 Å². The third-order valence-corrected chi connectivity index (χ3v) is 5.44. The van der Waals surface area contributed by atoms with Crippen LogP contribution in [-0.4, -0.2) is 31.6 Å². The molecule has 1 aromatic carbocycles. The van der Waals surface area contributed by atoms with E-state index in [0.717, 1.165) is 4.88 Å². The van der Waals surface area contributed by atoms with E-state index in [4.69, 9.17) is 9.15 Å². The number of carbonyl (C=O) groups excluding carboxylic acids is 1. The van der Waals surface area contributed by atoms with Gasteiger partial charge in [-0.1, -0.05) is 12.1 Å². The highest BCUT2D eigenvalue weighted by Gasteiger charge is 2.16. The van der Waals surface area contributed by atoms with Gasteiger partial charge in [0.1, 0.15) is 0 Å². The van der Waals surface area contributed by atoms with Crippen LogP contribution >= 0.6 is 11.3 Å². The number of carbonyl (C=O) groups is 1. The fourth-order valence-electron chi connectivity index (χ4n) is 1.93. The van der Waals surface area contributed by atoms with Gasteiger partial charge in [0.2, 0.25) is 10.0 Å². The first-order valence-electron chi connectivity index (χ1n) is 7.06. The van der Waals surface area contributed by atoms with E-state index in [-0.39, 0.29) is 23.0 Å². The first kappa shape index (κ1) is 17.3. The van der Waals surface area contributed by atoms with Gasteiger partial charge in [0.05, 0.1) is 15.3 Å². The summed E-state index contributed by atoms with van der Waals surface area (Å²) >= 11 is 1.45. The smallest absolute Gasteiger partial charge is 0.338 e. The van der Waals surface area contributed by atoms with E-state index in [1.165, 1.54) is 42.6 Å². The van der Waals surface area contributed by atoms with Crippen LogP contribution in [0.4, 0.5) is 0 Å². The average Bonchev–Trinajstić information content (AvgIpc) is 3.31. The minimum atomic E-state index is -3.64. The molecule has 130 valence electrons. The zero-order valence-corrected chi connectivity index (χ0v) is 14.6. The van der Waals surface area contributed by atoms with Gasteiger partial charge in [-0.15, -0.1) is 21.5 Å². The Kier molecular flexibility index (Phi) is 4.93. The van der Waals surface area contributed by atoms with Crippen LogP contribution in [0.25, 0.3) is 10.8 Å². The van der Waals surface area contributed by atoms with Crippen LogP contribution in [0.2, 0.25) is 0 Å². The van der Waals surface area contributed by atoms with Gasteiger partial charge in [-0.2, -0.15) is 0 Å². The Morgan fingerprint density at radius 1 is 1.28 bits per heavy atom. The van der Waals surface area contributed by atoms with Gasteiger partial charge in [0.25, 0.3) is 11.8 Å². The van der Waals surface area contributed by atoms with Gasteiger partial charge >= 0.3 is 5.97 Å². The van der Waals surface area contributed by atoms with Crippen molar-refractivity contribution in [2.75, 3.05) is 7.05 Å². The van der Waals surface area contributed by atoms with Crippen LogP contribution in [-0.2, 0) is 21.4 Å². The lowest BCUT2D eigenvalue weighted by Gasteiger charge is -2.05. The van der Waals surface area contributed by atoms with E-state index in [1.807, 2.05) is 17.5 Å². The van der Waals surface area contributed by atoms with Crippen LogP contribution in [0.1, 0.15) is 16.2 Å². The second kappa shape index (κ2) is 7.13. The van der Waals surface area contributed by atoms with Crippen LogP contribution < -0.4 is 4.72 Å². The normalized spacial score (nSPS) is 11.4. The maximum Gasteiger partial charge on any atom is 0.338 e. The molecule has 25 heavy (non-hydrogen) atoms. The summed E-state index contributed by atoms with van der Waals surface area (Å²) in [6, 6.07) is 9.23. The molecule has 0 aliphatic carbocycles. The molecule has 0 amide bonds. The number of aromatic nitrogens is 2. The van der Waals surface area contributed by atoms with Crippen molar-refractivity contribution in [3.05, 3.63) is 53.2 Å². The fourth-order valence-corrected chi connectivity index (χ4v) is 3.35. The maximum absolute atomic E-state index is 12.1. The lowest BCUT2D eigenvalue weighted by molar-refractivity contribution is 0.0438. The Hall–Kier alpha value is -2.56. The van der Waals surface area contributed by atoms with Gasteiger partial charge in [-0.3, -0.25) is 0 Å². The number of hydrogen-bond acceptors (Lipinski definition) is 8. The molecular weight excluding hydrogens is 366 g/mol. The number of rotatable bonds is 6. The van der Waals surface area contributed by atoms with Crippen molar-refractivity contribution in [1.82, 2.24) is 14.9 Å². The number of esters is 1. The van der Waals surface area contributed by atoms with Gasteiger partial charge in [-0.25, -0.2) is 17.9 Å². The topological polar surface area (TPSA) is 111 Å². The minimum Gasteiger partial charge on any atom is -0.452 e. The first-order chi connectivity index (χ1) is 12.0. The molecule has 3 aromatic rings. The van der Waals surface area contributed by atoms with E-state index in [9.17, 15) is 13.2 Å². The molecule has 0 fully saturated rings. The molecule has 0 saturated heterocycles. The molecule has 0 unspecified atom stereocenters. The highest BCUT2D eigenvalue weighted by Crippen LogP contribution is 2.23. The summed E-state index contributed by atoms with van der Waals surface area (Å²) in [4.78, 5) is 12.9. The van der Waals surface area contributed by atoms with E-state index in [0.29, 0.717) is 5.89 Å². The van der Waals surface area contributed by atoms with Crippen LogP contribution in [0.15, 0.2) is 51.1 Å². The van der Waals surface area contributed by atoms with E-state index >= 15 is 0 Å². The van der Waals surface area contributed by atoms with E-state index < -0.39 is 16.0 Å². The molecule has 1 N–H and O–H groups in total. The molecule has 0 saturated carbocycles. The zero-order chi connectivity index (χ0) is 17.9. The number of benzene rings is 1. The Bertz CT molecular complexity index is 980. The Morgan fingerprint density at radius 3 is 2.84 bits per heavy atom. The summed E-state index contributed by atoms with van der Waals surface area (Å²) < 4.78 is 36.2. The summed E-state index contributed by atoms with van der Waals surface area (Å²) in [6.45, 7) is -0.208. The van der Waals surface area contributed by atoms with Crippen molar-refractivity contribution in [2.24, 2.45) is 0 Å². The molecule has 0 atom stereocenters. The second-order valence-corrected chi connectivity index (χ2v) is 7.62. The van der Waals surface area contributed by atoms with Gasteiger partial charge < -0.3 is 9.15 Å². The number of thiophene rings is 1. The third kappa shape index (κ3) is 3.92. The quantitative estimate of drug-likeness (QED) is 0.653. The average molecular weight is 379 g/mol. The summed E-state index contributed by atoms with van der Waals surface area (Å²) in [5, 5.41) is 9.58. The number of hydrogen-bond donors (Lipinski definition) is 1. The largest absolute Gasteiger partial charge is 0.452 e. The summed E-state index contributed by atoms with van der Waals surface area (Å²) in [5.41, 5.74) is 0.106. The lowest BCUT2D eigenvalue weighted by Crippen LogP contribution is -2.19. The molecule has 10 heteroatoms. The van der Waals surface area contributed by atoms with Crippen molar-refractivity contribution in [2.45, 2.75) is 11.5 Å². The van der Waals surface area contributed by atoms with Crippen molar-refractivity contribution < 1.29 is 22.4 Å². The van der Waals surface area contributed by atoms with E-state index in [2.05, 4.69) is 14.9 Å². The highest BCUT2D eigenvalue weighted by molar-refractivity contribution is 7.89. The number of nitrogens with one attached hydrogen (secondary N) is 1. The number of sulfonamides is 1. The molecule has 0 radical (unpaired) electrons. The predicted molar refractivity (Wildman–Crippen MR) is 89.4 cm³/mol. The number of ether oxygens (including phenoxy) is 1. The SMILES string of the molecule is CNS(=O)(=O)c1cccc(C(=O)OCc2nnc(-c3cccs3)o2)c1. The van der Waals surface area contributed by atoms with Crippen molar-refractivity contribution in [1.29, 1.82) is 0 Å². The monoisotopic (exact) mass is 379 g/mol. The van der Waals surface area contributed by atoms with Crippen LogP contribution in [0, 0.1) is 0 Å². The van der Waals surface area contributed by atoms with Crippen molar-refractivity contribution in [3.8, 4) is 10.8 Å². The van der Waals surface area contributed by atoms with Crippen molar-refractivity contribution >= 4 is 27.3 Å². The number of nitrogens with zero attached hydrogens (tertiary/aromatic N) is 2. The molecule has 2 heterocycles. The molecule has 0 spiro atoms. The summed E-state index contributed by atoms with van der Waals surface area (Å²) in [6.07, 6.45) is 0. The predicted octanol–water partition coefficient (Wildman–Crippen LogP) is 2.06. The molecule has 0 bridgehead atoms. The Morgan fingerprint density at radius 2 is 2.12 bits per heavy atom. The van der Waals surface area contributed by atoms with Crippen LogP contribution in [0.5, 0.6) is 0 Å². The Labute approximate surface area is 147 Å². The van der Waals surface area contributed by atoms with Crippen molar-refractivity contribution in [3.63, 3.8) is 0 Å². The molecule has 3 rings (SSSR count). The minimum absolute atomic E-state index is 0.0257. The maximum atomic E-state index is 12.1. The third-order valence-electron chi connectivity index (χ3n) is 3.17. The van der Waals surface area contributed by atoms with Crippen LogP contribution in [0.3, 0.4) is 0 Å². The zero-order valence-electron chi connectivity index (χ0n) is 13.0. The summed E-state index contributed by atoms with van der Waals surface area (Å²) in [7, 11) is -2.35. The van der Waals surface area contributed by atoms with Gasteiger partial charge in [0.15, 0.2) is 6.61 Å². The van der Waals surface area contributed by atoms with E-state index in [1.54, 1.807) is 0 Å². The summed E-state index contributed by atoms with van der Waals surface area (Å²) in [5.74, 6) is -0.192. The second-order valence-electron chi connectivity index (χ2n) is 4.79. The molecular formula is C15H13N3O5S2. The lowest BCUT2D eigenvalue weighted by atomic mass is 10.2. The molecule has 8 nitrogen and oxygen atoms in total. The molecule has 0 aliphatic rings. The fraction of sp³-hybridized carbons (Fsp3) is 0.133. The Balaban J connectivity index is 1.68. The van der Waals surface area contributed by atoms with Gasteiger partial charge in [0, 0.05) is 0 Å².